The summed E-state index contributed by atoms with van der Waals surface area (Å²) in [6.07, 6.45) is 0. The van der Waals surface area contributed by atoms with Crippen LogP contribution in [-0.4, -0.2) is 5.11 Å². The average molecular weight is 209 g/mol. The van der Waals surface area contributed by atoms with E-state index in [0.717, 1.165) is 11.1 Å². The molecule has 0 aliphatic rings. The van der Waals surface area contributed by atoms with Crippen LogP contribution in [0.2, 0.25) is 0 Å². The zero-order valence-corrected chi connectivity index (χ0v) is 8.94. The summed E-state index contributed by atoms with van der Waals surface area (Å²) in [5.41, 5.74) is 3.48. The van der Waals surface area contributed by atoms with Gasteiger partial charge in [0.1, 0.15) is 11.8 Å². The molecule has 0 spiro atoms. The Balaban J connectivity index is 2.49. The number of phenolic OH excluding ortho intramolecular Hbond substituents is 1. The van der Waals surface area contributed by atoms with Crippen LogP contribution in [0.1, 0.15) is 11.1 Å². The second kappa shape index (κ2) is 4.08. The van der Waals surface area contributed by atoms with E-state index in [0.29, 0.717) is 5.56 Å². The van der Waals surface area contributed by atoms with Crippen LogP contribution in [0.3, 0.4) is 0 Å². The molecule has 1 N–H and O–H groups in total. The summed E-state index contributed by atoms with van der Waals surface area (Å²) in [5.74, 6) is 0.0263. The second-order valence-electron chi connectivity index (χ2n) is 3.71. The van der Waals surface area contributed by atoms with Crippen molar-refractivity contribution in [2.45, 2.75) is 6.92 Å². The van der Waals surface area contributed by atoms with E-state index in [1.165, 1.54) is 5.56 Å². The Morgan fingerprint density at radius 1 is 1.00 bits per heavy atom. The fourth-order valence-electron chi connectivity index (χ4n) is 1.55. The Bertz CT molecular complexity index is 550. The molecule has 0 aliphatic heterocycles. The maximum atomic E-state index is 9.40. The normalized spacial score (nSPS) is 9.75. The van der Waals surface area contributed by atoms with Gasteiger partial charge in [-0.25, -0.2) is 0 Å². The van der Waals surface area contributed by atoms with Crippen LogP contribution in [0.5, 0.6) is 5.75 Å². The van der Waals surface area contributed by atoms with Crippen LogP contribution >= 0.6 is 0 Å². The average Bonchev–Trinajstić information content (AvgIpc) is 2.31. The van der Waals surface area contributed by atoms with Crippen molar-refractivity contribution in [1.82, 2.24) is 0 Å². The van der Waals surface area contributed by atoms with Crippen LogP contribution in [0.25, 0.3) is 11.1 Å². The van der Waals surface area contributed by atoms with Crippen LogP contribution in [-0.2, 0) is 0 Å². The van der Waals surface area contributed by atoms with Crippen molar-refractivity contribution in [3.63, 3.8) is 0 Å². The van der Waals surface area contributed by atoms with Crippen LogP contribution < -0.4 is 0 Å². The van der Waals surface area contributed by atoms with Crippen molar-refractivity contribution in [1.29, 1.82) is 5.26 Å². The number of rotatable bonds is 1. The van der Waals surface area contributed by atoms with Crippen molar-refractivity contribution in [3.8, 4) is 22.9 Å². The predicted molar refractivity (Wildman–Crippen MR) is 63.0 cm³/mol. The molecule has 0 bridgehead atoms. The van der Waals surface area contributed by atoms with E-state index in [9.17, 15) is 5.11 Å². The highest BCUT2D eigenvalue weighted by Gasteiger charge is 2.03. The van der Waals surface area contributed by atoms with Gasteiger partial charge in [-0.15, -0.1) is 0 Å². The lowest BCUT2D eigenvalue weighted by Crippen LogP contribution is -1.82. The Labute approximate surface area is 94.4 Å². The van der Waals surface area contributed by atoms with Crippen LogP contribution in [0.4, 0.5) is 0 Å². The molecule has 0 fully saturated rings. The molecule has 78 valence electrons. The second-order valence-corrected chi connectivity index (χ2v) is 3.71. The number of aromatic hydroxyl groups is 1. The lowest BCUT2D eigenvalue weighted by atomic mass is 10.0. The molecule has 16 heavy (non-hydrogen) atoms. The number of hydrogen-bond donors (Lipinski definition) is 1. The minimum Gasteiger partial charge on any atom is -0.507 e. The molecular formula is C14H11NO. The zero-order chi connectivity index (χ0) is 11.5. The third-order valence-corrected chi connectivity index (χ3v) is 2.50. The lowest BCUT2D eigenvalue weighted by Gasteiger charge is -2.03. The Kier molecular flexibility index (Phi) is 2.61. The van der Waals surface area contributed by atoms with E-state index in [4.69, 9.17) is 5.26 Å². The minimum absolute atomic E-state index is 0.0263. The Morgan fingerprint density at radius 2 is 1.62 bits per heavy atom. The molecule has 0 aliphatic carbocycles. The number of aryl methyl sites for hydroxylation is 1. The van der Waals surface area contributed by atoms with Crippen molar-refractivity contribution in [2.75, 3.05) is 0 Å². The largest absolute Gasteiger partial charge is 0.507 e. The first-order valence-electron chi connectivity index (χ1n) is 5.01. The van der Waals surface area contributed by atoms with E-state index < -0.39 is 0 Å². The van der Waals surface area contributed by atoms with Gasteiger partial charge < -0.3 is 5.11 Å². The minimum atomic E-state index is 0.0263. The highest BCUT2D eigenvalue weighted by atomic mass is 16.3. The summed E-state index contributed by atoms with van der Waals surface area (Å²) in [7, 11) is 0. The quantitative estimate of drug-likeness (QED) is 0.783. The zero-order valence-electron chi connectivity index (χ0n) is 8.94. The molecule has 2 aromatic carbocycles. The number of benzene rings is 2. The fourth-order valence-corrected chi connectivity index (χ4v) is 1.55. The molecule has 0 saturated heterocycles. The van der Waals surface area contributed by atoms with Gasteiger partial charge >= 0.3 is 0 Å². The monoisotopic (exact) mass is 209 g/mol. The molecule has 2 nitrogen and oxygen atoms in total. The molecule has 0 unspecified atom stereocenters. The first kappa shape index (κ1) is 10.3. The van der Waals surface area contributed by atoms with E-state index in [-0.39, 0.29) is 5.75 Å². The summed E-state index contributed by atoms with van der Waals surface area (Å²) in [6, 6.07) is 15.1. The van der Waals surface area contributed by atoms with Gasteiger partial charge in [0.05, 0.1) is 5.56 Å². The van der Waals surface area contributed by atoms with Gasteiger partial charge in [0.2, 0.25) is 0 Å². The summed E-state index contributed by atoms with van der Waals surface area (Å²) in [5, 5.41) is 18.2. The third kappa shape index (κ3) is 1.89. The topological polar surface area (TPSA) is 44.0 Å². The van der Waals surface area contributed by atoms with Crippen molar-refractivity contribution < 1.29 is 5.11 Å². The van der Waals surface area contributed by atoms with E-state index >= 15 is 0 Å². The molecule has 0 atom stereocenters. The molecule has 2 rings (SSSR count). The van der Waals surface area contributed by atoms with Gasteiger partial charge in [0, 0.05) is 0 Å². The molecule has 0 aromatic heterocycles. The van der Waals surface area contributed by atoms with Gasteiger partial charge in [0.15, 0.2) is 0 Å². The third-order valence-electron chi connectivity index (χ3n) is 2.50. The predicted octanol–water partition coefficient (Wildman–Crippen LogP) is 3.24. The maximum absolute atomic E-state index is 9.40. The molecule has 0 radical (unpaired) electrons. The van der Waals surface area contributed by atoms with Gasteiger partial charge in [-0.2, -0.15) is 5.26 Å². The molecule has 2 heteroatoms. The van der Waals surface area contributed by atoms with Crippen molar-refractivity contribution in [2.24, 2.45) is 0 Å². The number of hydrogen-bond acceptors (Lipinski definition) is 2. The Morgan fingerprint density at radius 3 is 2.25 bits per heavy atom. The Hall–Kier alpha value is -2.27. The number of phenols is 1. The van der Waals surface area contributed by atoms with E-state index in [2.05, 4.69) is 0 Å². The van der Waals surface area contributed by atoms with Crippen molar-refractivity contribution in [3.05, 3.63) is 53.6 Å². The maximum Gasteiger partial charge on any atom is 0.133 e. The smallest absolute Gasteiger partial charge is 0.133 e. The lowest BCUT2D eigenvalue weighted by molar-refractivity contribution is 0.473. The summed E-state index contributed by atoms with van der Waals surface area (Å²) >= 11 is 0. The SMILES string of the molecule is Cc1ccc(-c2ccc(O)c(C#N)c2)cc1. The van der Waals surface area contributed by atoms with E-state index in [1.54, 1.807) is 18.2 Å². The summed E-state index contributed by atoms with van der Waals surface area (Å²) in [4.78, 5) is 0. The van der Waals surface area contributed by atoms with Crippen LogP contribution in [0.15, 0.2) is 42.5 Å². The number of nitrogens with zero attached hydrogens (tertiary/aromatic N) is 1. The molecule has 0 amide bonds. The van der Waals surface area contributed by atoms with Gasteiger partial charge in [-0.05, 0) is 30.2 Å². The summed E-state index contributed by atoms with van der Waals surface area (Å²) in [6.45, 7) is 2.03. The molecule has 2 aromatic rings. The molecular weight excluding hydrogens is 198 g/mol. The summed E-state index contributed by atoms with van der Waals surface area (Å²) < 4.78 is 0. The van der Waals surface area contributed by atoms with Gasteiger partial charge in [0.25, 0.3) is 0 Å². The highest BCUT2D eigenvalue weighted by molar-refractivity contribution is 5.67. The standard InChI is InChI=1S/C14H11NO/c1-10-2-4-11(5-3-10)12-6-7-14(16)13(8-12)9-15/h2-8,16H,1H3. The molecule has 0 saturated carbocycles. The van der Waals surface area contributed by atoms with E-state index in [1.807, 2.05) is 37.3 Å². The highest BCUT2D eigenvalue weighted by Crippen LogP contribution is 2.25. The van der Waals surface area contributed by atoms with Gasteiger partial charge in [-0.1, -0.05) is 35.9 Å². The first-order chi connectivity index (χ1) is 7.70. The van der Waals surface area contributed by atoms with Gasteiger partial charge in [-0.3, -0.25) is 0 Å². The van der Waals surface area contributed by atoms with Crippen LogP contribution in [0, 0.1) is 18.3 Å². The first-order valence-corrected chi connectivity index (χ1v) is 5.01. The fraction of sp³-hybridized carbons (Fsp3) is 0.0714. The molecule has 0 heterocycles. The van der Waals surface area contributed by atoms with Crippen molar-refractivity contribution >= 4 is 0 Å². The number of nitriles is 1.